The van der Waals surface area contributed by atoms with Crippen LogP contribution in [0.25, 0.3) is 34.0 Å². The van der Waals surface area contributed by atoms with Crippen LogP contribution in [0.3, 0.4) is 0 Å². The van der Waals surface area contributed by atoms with Crippen molar-refractivity contribution in [2.75, 3.05) is 26.3 Å². The van der Waals surface area contributed by atoms with Crippen molar-refractivity contribution in [3.8, 4) is 11.3 Å². The van der Waals surface area contributed by atoms with E-state index in [-0.39, 0.29) is 5.91 Å². The molecule has 0 atom stereocenters. The lowest BCUT2D eigenvalue weighted by Crippen LogP contribution is -2.41. The van der Waals surface area contributed by atoms with Gasteiger partial charge in [-0.3, -0.25) is 4.79 Å². The monoisotopic (exact) mass is 433 g/mol. The maximum absolute atomic E-state index is 13.4. The largest absolute Gasteiger partial charge is 0.457 e. The van der Waals surface area contributed by atoms with Gasteiger partial charge in [0.2, 0.25) is 0 Å². The summed E-state index contributed by atoms with van der Waals surface area (Å²) in [5.74, 6) is 1.58. The number of para-hydroxylation sites is 2. The number of nitrogens with zero attached hydrogens (tertiary/aromatic N) is 2. The Hall–Kier alpha value is -3.35. The maximum atomic E-state index is 13.4. The predicted molar refractivity (Wildman–Crippen MR) is 121 cm³/mol. The number of nitrogens with one attached hydrogen (secondary N) is 1. The van der Waals surface area contributed by atoms with Crippen molar-refractivity contribution in [3.63, 3.8) is 0 Å². The number of imidazole rings is 1. The zero-order valence-corrected chi connectivity index (χ0v) is 17.4. The summed E-state index contributed by atoms with van der Waals surface area (Å²) in [4.78, 5) is 23.1. The fraction of sp³-hybridized carbons (Fsp3) is 0.167. The zero-order chi connectivity index (χ0) is 21.2. The summed E-state index contributed by atoms with van der Waals surface area (Å²) in [5, 5.41) is 0.606. The van der Waals surface area contributed by atoms with E-state index in [0.29, 0.717) is 54.2 Å². The van der Waals surface area contributed by atoms with E-state index in [9.17, 15) is 4.79 Å². The van der Waals surface area contributed by atoms with E-state index in [1.54, 1.807) is 11.0 Å². The van der Waals surface area contributed by atoms with Gasteiger partial charge in [0.05, 0.1) is 34.8 Å². The molecule has 1 amide bonds. The van der Waals surface area contributed by atoms with Gasteiger partial charge in [-0.2, -0.15) is 0 Å². The van der Waals surface area contributed by atoms with Gasteiger partial charge in [0.25, 0.3) is 5.91 Å². The SMILES string of the molecule is O=C(C(=Cc1ccc(-c2ccccc2Cl)o1)c1nc2ccccc2[nH]1)N1CCOCC1. The minimum Gasteiger partial charge on any atom is -0.457 e. The second kappa shape index (κ2) is 8.41. The van der Waals surface area contributed by atoms with Crippen molar-refractivity contribution in [2.24, 2.45) is 0 Å². The number of carbonyl (C=O) groups is 1. The maximum Gasteiger partial charge on any atom is 0.257 e. The zero-order valence-electron chi connectivity index (χ0n) is 16.7. The summed E-state index contributed by atoms with van der Waals surface area (Å²) >= 11 is 6.30. The van der Waals surface area contributed by atoms with Gasteiger partial charge in [0.15, 0.2) is 0 Å². The van der Waals surface area contributed by atoms with E-state index < -0.39 is 0 Å². The molecule has 4 aromatic rings. The molecule has 31 heavy (non-hydrogen) atoms. The number of H-pyrrole nitrogens is 1. The Bertz CT molecular complexity index is 1230. The van der Waals surface area contributed by atoms with Crippen LogP contribution in [0.5, 0.6) is 0 Å². The lowest BCUT2D eigenvalue weighted by atomic mass is 10.1. The first-order chi connectivity index (χ1) is 15.2. The molecule has 5 rings (SSSR count). The minimum atomic E-state index is -0.113. The van der Waals surface area contributed by atoms with E-state index >= 15 is 0 Å². The number of halogens is 1. The normalized spacial score (nSPS) is 14.9. The Balaban J connectivity index is 1.56. The number of amides is 1. The van der Waals surface area contributed by atoms with Gasteiger partial charge in [-0.15, -0.1) is 0 Å². The molecular formula is C24H20ClN3O3. The number of carbonyl (C=O) groups excluding carboxylic acids is 1. The van der Waals surface area contributed by atoms with Gasteiger partial charge >= 0.3 is 0 Å². The number of fused-ring (bicyclic) bond motifs is 1. The first-order valence-corrected chi connectivity index (χ1v) is 10.5. The third-order valence-electron chi connectivity index (χ3n) is 5.23. The van der Waals surface area contributed by atoms with Gasteiger partial charge in [-0.25, -0.2) is 4.98 Å². The summed E-state index contributed by atoms with van der Waals surface area (Å²) in [5.41, 5.74) is 2.91. The highest BCUT2D eigenvalue weighted by molar-refractivity contribution is 6.33. The van der Waals surface area contributed by atoms with Crippen molar-refractivity contribution in [1.29, 1.82) is 0 Å². The number of ether oxygens (including phenoxy) is 1. The summed E-state index contributed by atoms with van der Waals surface area (Å²) < 4.78 is 11.4. The van der Waals surface area contributed by atoms with Crippen LogP contribution in [0.15, 0.2) is 65.1 Å². The van der Waals surface area contributed by atoms with Crippen LogP contribution in [0, 0.1) is 0 Å². The first-order valence-electron chi connectivity index (χ1n) is 10.1. The minimum absolute atomic E-state index is 0.113. The van der Waals surface area contributed by atoms with Crippen LogP contribution in [0.2, 0.25) is 5.02 Å². The van der Waals surface area contributed by atoms with Gasteiger partial charge in [-0.1, -0.05) is 35.9 Å². The first kappa shape index (κ1) is 19.6. The molecule has 2 aromatic heterocycles. The average Bonchev–Trinajstić information content (AvgIpc) is 3.45. The van der Waals surface area contributed by atoms with Crippen molar-refractivity contribution in [2.45, 2.75) is 0 Å². The molecule has 0 saturated carbocycles. The van der Waals surface area contributed by atoms with Gasteiger partial charge in [-0.05, 0) is 42.5 Å². The van der Waals surface area contributed by atoms with E-state index in [0.717, 1.165) is 16.6 Å². The standard InChI is InChI=1S/C24H20ClN3O3/c25-19-6-2-1-5-17(19)22-10-9-16(31-22)15-18(24(29)28-11-13-30-14-12-28)23-26-20-7-3-4-8-21(20)27-23/h1-10,15H,11-14H2,(H,26,27). The van der Waals surface area contributed by atoms with Crippen LogP contribution < -0.4 is 0 Å². The Morgan fingerprint density at radius 2 is 1.81 bits per heavy atom. The van der Waals surface area contributed by atoms with Crippen molar-refractivity contribution >= 4 is 40.2 Å². The van der Waals surface area contributed by atoms with Crippen LogP contribution in [0.1, 0.15) is 11.6 Å². The van der Waals surface area contributed by atoms with Gasteiger partial charge in [0, 0.05) is 18.7 Å². The van der Waals surface area contributed by atoms with Crippen LogP contribution >= 0.6 is 11.6 Å². The Morgan fingerprint density at radius 1 is 1.03 bits per heavy atom. The number of hydrogen-bond donors (Lipinski definition) is 1. The van der Waals surface area contributed by atoms with E-state index in [2.05, 4.69) is 9.97 Å². The van der Waals surface area contributed by atoms with Gasteiger partial charge < -0.3 is 19.0 Å². The average molecular weight is 434 g/mol. The van der Waals surface area contributed by atoms with Crippen LogP contribution in [-0.4, -0.2) is 47.1 Å². The van der Waals surface area contributed by atoms with Crippen LogP contribution in [0.4, 0.5) is 0 Å². The number of aromatic amines is 1. The molecule has 0 bridgehead atoms. The quantitative estimate of drug-likeness (QED) is 0.466. The van der Waals surface area contributed by atoms with Crippen molar-refractivity contribution in [1.82, 2.24) is 14.9 Å². The van der Waals surface area contributed by atoms with E-state index in [1.807, 2.05) is 60.7 Å². The molecular weight excluding hydrogens is 414 g/mol. The molecule has 0 unspecified atom stereocenters. The lowest BCUT2D eigenvalue weighted by molar-refractivity contribution is -0.128. The number of benzene rings is 2. The molecule has 0 spiro atoms. The van der Waals surface area contributed by atoms with E-state index in [1.165, 1.54) is 0 Å². The summed E-state index contributed by atoms with van der Waals surface area (Å²) in [6, 6.07) is 18.9. The molecule has 156 valence electrons. The van der Waals surface area contributed by atoms with Crippen molar-refractivity contribution < 1.29 is 13.9 Å². The highest BCUT2D eigenvalue weighted by Crippen LogP contribution is 2.30. The Morgan fingerprint density at radius 3 is 2.61 bits per heavy atom. The number of morpholine rings is 1. The second-order valence-electron chi connectivity index (χ2n) is 7.25. The predicted octanol–water partition coefficient (Wildman–Crippen LogP) is 4.88. The topological polar surface area (TPSA) is 71.4 Å². The van der Waals surface area contributed by atoms with Gasteiger partial charge in [0.1, 0.15) is 17.3 Å². The second-order valence-corrected chi connectivity index (χ2v) is 7.65. The summed E-state index contributed by atoms with van der Waals surface area (Å²) in [7, 11) is 0. The van der Waals surface area contributed by atoms with E-state index in [4.69, 9.17) is 20.8 Å². The molecule has 2 aromatic carbocycles. The molecule has 1 aliphatic heterocycles. The fourth-order valence-electron chi connectivity index (χ4n) is 3.63. The Kier molecular flexibility index (Phi) is 5.32. The molecule has 3 heterocycles. The molecule has 6 nitrogen and oxygen atoms in total. The van der Waals surface area contributed by atoms with Crippen LogP contribution in [-0.2, 0) is 9.53 Å². The lowest BCUT2D eigenvalue weighted by Gasteiger charge is -2.27. The summed E-state index contributed by atoms with van der Waals surface area (Å²) in [6.45, 7) is 2.13. The van der Waals surface area contributed by atoms with Crippen molar-refractivity contribution in [3.05, 3.63) is 77.3 Å². The molecule has 1 saturated heterocycles. The third kappa shape index (κ3) is 4.00. The number of furan rings is 1. The molecule has 1 aliphatic rings. The summed E-state index contributed by atoms with van der Waals surface area (Å²) in [6.07, 6.45) is 1.73. The number of rotatable bonds is 4. The molecule has 7 heteroatoms. The molecule has 1 N–H and O–H groups in total. The number of hydrogen-bond acceptors (Lipinski definition) is 4. The molecule has 0 aliphatic carbocycles. The smallest absolute Gasteiger partial charge is 0.257 e. The molecule has 1 fully saturated rings. The molecule has 0 radical (unpaired) electrons. The fourth-order valence-corrected chi connectivity index (χ4v) is 3.86. The third-order valence-corrected chi connectivity index (χ3v) is 5.56. The highest BCUT2D eigenvalue weighted by atomic mass is 35.5. The highest BCUT2D eigenvalue weighted by Gasteiger charge is 2.24. The number of aromatic nitrogens is 2. The Labute approximate surface area is 184 Å².